The molecule has 0 saturated heterocycles. The predicted molar refractivity (Wildman–Crippen MR) is 116 cm³/mol. The molecule has 1 aromatic heterocycles. The molecular formula is C24H20F3N3O3. The first-order valence-corrected chi connectivity index (χ1v) is 10.2. The van der Waals surface area contributed by atoms with Gasteiger partial charge in [-0.3, -0.25) is 4.79 Å². The molecule has 9 heteroatoms. The molecule has 4 rings (SSSR count). The van der Waals surface area contributed by atoms with Gasteiger partial charge in [0.25, 0.3) is 5.91 Å². The van der Waals surface area contributed by atoms with E-state index in [1.165, 1.54) is 30.5 Å². The second-order valence-corrected chi connectivity index (χ2v) is 7.62. The maximum Gasteiger partial charge on any atom is 0.416 e. The summed E-state index contributed by atoms with van der Waals surface area (Å²) < 4.78 is 44.2. The second kappa shape index (κ2) is 8.93. The summed E-state index contributed by atoms with van der Waals surface area (Å²) in [5.74, 6) is -1.16. The number of halogens is 3. The number of aromatic nitrogens is 1. The summed E-state index contributed by atoms with van der Waals surface area (Å²) in [4.78, 5) is 31.1. The van der Waals surface area contributed by atoms with Crippen LogP contribution in [0.3, 0.4) is 0 Å². The van der Waals surface area contributed by atoms with E-state index in [9.17, 15) is 22.8 Å². The van der Waals surface area contributed by atoms with Crippen molar-refractivity contribution < 1.29 is 27.5 Å². The highest BCUT2D eigenvalue weighted by Crippen LogP contribution is 2.33. The minimum Gasteiger partial charge on any atom is -0.452 e. The Balaban J connectivity index is 1.46. The normalized spacial score (nSPS) is 15.2. The van der Waals surface area contributed by atoms with E-state index in [4.69, 9.17) is 4.74 Å². The largest absolute Gasteiger partial charge is 0.452 e. The van der Waals surface area contributed by atoms with Crippen molar-refractivity contribution in [3.8, 4) is 0 Å². The number of rotatable bonds is 5. The third-order valence-corrected chi connectivity index (χ3v) is 5.28. The first-order chi connectivity index (χ1) is 15.7. The molecule has 170 valence electrons. The molecule has 0 fully saturated rings. The van der Waals surface area contributed by atoms with Gasteiger partial charge in [-0.25, -0.2) is 9.78 Å². The standard InChI is InChI=1S/C24H20F3N3O3/c1-15-12-16-6-2-3-10-20(16)30(15)21(31)14-33-23(32)19-9-5-11-28-22(19)29-18-8-4-7-17(13-18)24(25,26)27/h2-11,13,15H,12,14H2,1H3,(H,28,29)/t15-/m0/s1. The Morgan fingerprint density at radius 3 is 2.70 bits per heavy atom. The number of anilines is 3. The molecule has 0 saturated carbocycles. The third-order valence-electron chi connectivity index (χ3n) is 5.28. The summed E-state index contributed by atoms with van der Waals surface area (Å²) in [6.07, 6.45) is -2.40. The highest BCUT2D eigenvalue weighted by atomic mass is 19.4. The van der Waals surface area contributed by atoms with Crippen molar-refractivity contribution in [1.29, 1.82) is 0 Å². The number of hydrogen-bond donors (Lipinski definition) is 1. The summed E-state index contributed by atoms with van der Waals surface area (Å²) in [6.45, 7) is 1.44. The fourth-order valence-corrected chi connectivity index (χ4v) is 3.80. The molecule has 1 N–H and O–H groups in total. The van der Waals surface area contributed by atoms with Gasteiger partial charge in [0.2, 0.25) is 0 Å². The number of carbonyl (C=O) groups excluding carboxylic acids is 2. The molecule has 1 atom stereocenters. The Morgan fingerprint density at radius 1 is 1.12 bits per heavy atom. The zero-order chi connectivity index (χ0) is 23.6. The topological polar surface area (TPSA) is 71.5 Å². The molecule has 0 aliphatic carbocycles. The summed E-state index contributed by atoms with van der Waals surface area (Å²) in [6, 6.07) is 14.9. The Bertz CT molecular complexity index is 1200. The Labute approximate surface area is 188 Å². The van der Waals surface area contributed by atoms with Gasteiger partial charge in [-0.15, -0.1) is 0 Å². The number of esters is 1. The van der Waals surface area contributed by atoms with Crippen molar-refractivity contribution in [3.05, 3.63) is 83.6 Å². The second-order valence-electron chi connectivity index (χ2n) is 7.62. The fourth-order valence-electron chi connectivity index (χ4n) is 3.80. The lowest BCUT2D eigenvalue weighted by atomic mass is 10.1. The molecule has 0 radical (unpaired) electrons. The average Bonchev–Trinajstić information content (AvgIpc) is 3.13. The Kier molecular flexibility index (Phi) is 6.04. The number of carbonyl (C=O) groups is 2. The predicted octanol–water partition coefficient (Wildman–Crippen LogP) is 4.98. The van der Waals surface area contributed by atoms with Gasteiger partial charge in [0.05, 0.1) is 5.56 Å². The van der Waals surface area contributed by atoms with Gasteiger partial charge in [-0.2, -0.15) is 13.2 Å². The molecule has 0 spiro atoms. The maximum absolute atomic E-state index is 13.0. The number of hydrogen-bond acceptors (Lipinski definition) is 5. The molecule has 0 unspecified atom stereocenters. The number of ether oxygens (including phenoxy) is 1. The van der Waals surface area contributed by atoms with Gasteiger partial charge in [0.1, 0.15) is 11.4 Å². The minimum absolute atomic E-state index is 0.00224. The summed E-state index contributed by atoms with van der Waals surface area (Å²) in [5, 5.41) is 2.72. The van der Waals surface area contributed by atoms with Crippen molar-refractivity contribution in [3.63, 3.8) is 0 Å². The molecular weight excluding hydrogens is 435 g/mol. The SMILES string of the molecule is C[C@H]1Cc2ccccc2N1C(=O)COC(=O)c1cccnc1Nc1cccc(C(F)(F)F)c1. The lowest BCUT2D eigenvalue weighted by Crippen LogP contribution is -2.38. The number of pyridine rings is 1. The van der Waals surface area contributed by atoms with Crippen LogP contribution in [-0.2, 0) is 22.1 Å². The van der Waals surface area contributed by atoms with Crippen LogP contribution < -0.4 is 10.2 Å². The van der Waals surface area contributed by atoms with E-state index in [0.29, 0.717) is 6.42 Å². The van der Waals surface area contributed by atoms with Gasteiger partial charge in [0, 0.05) is 23.6 Å². The van der Waals surface area contributed by atoms with Crippen molar-refractivity contribution in [2.45, 2.75) is 25.6 Å². The van der Waals surface area contributed by atoms with Crippen LogP contribution >= 0.6 is 0 Å². The van der Waals surface area contributed by atoms with Crippen LogP contribution in [-0.4, -0.2) is 29.5 Å². The highest BCUT2D eigenvalue weighted by molar-refractivity contribution is 6.00. The molecule has 6 nitrogen and oxygen atoms in total. The molecule has 0 bridgehead atoms. The third kappa shape index (κ3) is 4.82. The van der Waals surface area contributed by atoms with Crippen LogP contribution in [0.15, 0.2) is 66.9 Å². The molecule has 33 heavy (non-hydrogen) atoms. The van der Waals surface area contributed by atoms with Crippen LogP contribution in [0.4, 0.5) is 30.4 Å². The molecule has 1 aliphatic heterocycles. The van der Waals surface area contributed by atoms with E-state index >= 15 is 0 Å². The van der Waals surface area contributed by atoms with Gasteiger partial charge in [-0.05, 0) is 55.3 Å². The number of benzene rings is 2. The zero-order valence-electron chi connectivity index (χ0n) is 17.6. The van der Waals surface area contributed by atoms with E-state index in [1.54, 1.807) is 4.90 Å². The van der Waals surface area contributed by atoms with E-state index in [2.05, 4.69) is 10.3 Å². The number of fused-ring (bicyclic) bond motifs is 1. The van der Waals surface area contributed by atoms with Crippen molar-refractivity contribution in [1.82, 2.24) is 4.98 Å². The van der Waals surface area contributed by atoms with Crippen LogP contribution in [0.5, 0.6) is 0 Å². The number of nitrogens with one attached hydrogen (secondary N) is 1. The lowest BCUT2D eigenvalue weighted by Gasteiger charge is -2.22. The number of alkyl halides is 3. The van der Waals surface area contributed by atoms with Gasteiger partial charge in [-0.1, -0.05) is 24.3 Å². The van der Waals surface area contributed by atoms with Crippen LogP contribution in [0.2, 0.25) is 0 Å². The quantitative estimate of drug-likeness (QED) is 0.550. The van der Waals surface area contributed by atoms with Crippen LogP contribution in [0.25, 0.3) is 0 Å². The monoisotopic (exact) mass is 455 g/mol. The highest BCUT2D eigenvalue weighted by Gasteiger charge is 2.32. The van der Waals surface area contributed by atoms with Gasteiger partial charge < -0.3 is 15.0 Å². The zero-order valence-corrected chi connectivity index (χ0v) is 17.6. The summed E-state index contributed by atoms with van der Waals surface area (Å²) in [5.41, 5.74) is 1.11. The summed E-state index contributed by atoms with van der Waals surface area (Å²) >= 11 is 0. The minimum atomic E-state index is -4.50. The first kappa shape index (κ1) is 22.3. The Morgan fingerprint density at radius 2 is 1.91 bits per heavy atom. The lowest BCUT2D eigenvalue weighted by molar-refractivity contribution is -0.137. The number of nitrogens with zero attached hydrogens (tertiary/aromatic N) is 2. The van der Waals surface area contributed by atoms with Crippen LogP contribution in [0.1, 0.15) is 28.4 Å². The molecule has 2 aromatic carbocycles. The maximum atomic E-state index is 13.0. The molecule has 3 aromatic rings. The summed E-state index contributed by atoms with van der Waals surface area (Å²) in [7, 11) is 0. The van der Waals surface area contributed by atoms with Gasteiger partial charge >= 0.3 is 12.1 Å². The van der Waals surface area contributed by atoms with Crippen molar-refractivity contribution >= 4 is 29.1 Å². The van der Waals surface area contributed by atoms with Gasteiger partial charge in [0.15, 0.2) is 6.61 Å². The fraction of sp³-hybridized carbons (Fsp3) is 0.208. The van der Waals surface area contributed by atoms with Crippen molar-refractivity contribution in [2.75, 3.05) is 16.8 Å². The Hall–Kier alpha value is -3.88. The average molecular weight is 455 g/mol. The van der Waals surface area contributed by atoms with E-state index < -0.39 is 24.3 Å². The van der Waals surface area contributed by atoms with E-state index in [0.717, 1.165) is 23.4 Å². The number of amides is 1. The molecule has 1 amide bonds. The molecule has 1 aliphatic rings. The smallest absolute Gasteiger partial charge is 0.416 e. The van der Waals surface area contributed by atoms with Crippen LogP contribution in [0, 0.1) is 0 Å². The van der Waals surface area contributed by atoms with E-state index in [1.807, 2.05) is 31.2 Å². The van der Waals surface area contributed by atoms with E-state index in [-0.39, 0.29) is 29.0 Å². The molecule has 2 heterocycles. The van der Waals surface area contributed by atoms with Crippen molar-refractivity contribution in [2.24, 2.45) is 0 Å². The first-order valence-electron chi connectivity index (χ1n) is 10.2. The number of para-hydroxylation sites is 1.